The van der Waals surface area contributed by atoms with Crippen molar-refractivity contribution in [1.29, 1.82) is 0 Å². The van der Waals surface area contributed by atoms with Crippen LogP contribution in [-0.2, 0) is 4.79 Å². The Balaban J connectivity index is 0.000000700. The zero-order chi connectivity index (χ0) is 27.5. The number of carbonyl (C=O) groups excluding carboxylic acids is 3. The van der Waals surface area contributed by atoms with Gasteiger partial charge in [-0.2, -0.15) is 0 Å². The lowest BCUT2D eigenvalue weighted by atomic mass is 10.0. The van der Waals surface area contributed by atoms with Gasteiger partial charge in [0, 0.05) is 30.3 Å². The maximum Gasteiger partial charge on any atom is 0.295 e. The molecule has 2 atom stereocenters. The predicted octanol–water partition coefficient (Wildman–Crippen LogP) is 5.40. The van der Waals surface area contributed by atoms with E-state index in [0.717, 1.165) is 5.56 Å². The third kappa shape index (κ3) is 8.12. The highest BCUT2D eigenvalue weighted by Gasteiger charge is 2.28. The van der Waals surface area contributed by atoms with Crippen LogP contribution in [0.25, 0.3) is 0 Å². The Bertz CT molecular complexity index is 1090. The van der Waals surface area contributed by atoms with Crippen molar-refractivity contribution >= 4 is 17.6 Å². The summed E-state index contributed by atoms with van der Waals surface area (Å²) in [5.74, 6) is -1.43. The number of likely N-dealkylation sites (N-methyl/N-ethyl adjacent to an activating group) is 1. The van der Waals surface area contributed by atoms with Gasteiger partial charge in [-0.25, -0.2) is 0 Å². The van der Waals surface area contributed by atoms with E-state index in [-0.39, 0.29) is 23.6 Å². The van der Waals surface area contributed by atoms with E-state index in [1.54, 1.807) is 18.9 Å². The molecule has 0 aliphatic heterocycles. The lowest BCUT2D eigenvalue weighted by Crippen LogP contribution is -2.45. The zero-order valence-electron chi connectivity index (χ0n) is 22.5. The van der Waals surface area contributed by atoms with Crippen LogP contribution in [0.15, 0.2) is 91.0 Å². The second-order valence-electron chi connectivity index (χ2n) is 9.47. The summed E-state index contributed by atoms with van der Waals surface area (Å²) in [4.78, 5) is 41.2. The van der Waals surface area contributed by atoms with E-state index in [1.165, 1.54) is 29.2 Å². The van der Waals surface area contributed by atoms with Crippen LogP contribution in [0.5, 0.6) is 0 Å². The van der Waals surface area contributed by atoms with Crippen LogP contribution in [-0.4, -0.2) is 57.7 Å². The number of aliphatic hydroxyl groups is 1. The average molecular weight is 503 g/mol. The molecule has 37 heavy (non-hydrogen) atoms. The minimum atomic E-state index is -0.827. The zero-order valence-corrected chi connectivity index (χ0v) is 22.5. The number of hydrogen-bond acceptors (Lipinski definition) is 4. The first-order valence-electron chi connectivity index (χ1n) is 12.5. The standard InChI is InChI=1S/C25H32N2O4.C6H6/c1-16(2)27(17(3)4)25(31)23(29)20-12-14-21(15-13-20)24(30)26(6)18(5)22(28)19-10-8-7-9-11-19;1-2-4-6-5-3-1/h7-18,22,28H,1-6H3;1-6H/t18-,22-;/m0./s1. The molecule has 0 heterocycles. The molecule has 3 rings (SSSR count). The van der Waals surface area contributed by atoms with Gasteiger partial charge in [-0.3, -0.25) is 14.4 Å². The van der Waals surface area contributed by atoms with Gasteiger partial charge in [0.15, 0.2) is 0 Å². The van der Waals surface area contributed by atoms with Gasteiger partial charge in [0.25, 0.3) is 11.8 Å². The van der Waals surface area contributed by atoms with Gasteiger partial charge >= 0.3 is 0 Å². The van der Waals surface area contributed by atoms with Crippen molar-refractivity contribution in [3.63, 3.8) is 0 Å². The minimum Gasteiger partial charge on any atom is -0.386 e. The van der Waals surface area contributed by atoms with Gasteiger partial charge in [0.1, 0.15) is 0 Å². The van der Waals surface area contributed by atoms with E-state index in [9.17, 15) is 19.5 Å². The summed E-state index contributed by atoms with van der Waals surface area (Å²) >= 11 is 0. The number of aliphatic hydroxyl groups excluding tert-OH is 1. The third-order valence-electron chi connectivity index (χ3n) is 6.13. The first kappa shape index (κ1) is 29.5. The number of nitrogens with zero attached hydrogens (tertiary/aromatic N) is 2. The molecule has 0 aliphatic carbocycles. The molecule has 6 heteroatoms. The van der Waals surface area contributed by atoms with Gasteiger partial charge in [-0.15, -0.1) is 0 Å². The molecule has 0 fully saturated rings. The second kappa shape index (κ2) is 14.1. The topological polar surface area (TPSA) is 77.9 Å². The fraction of sp³-hybridized carbons (Fsp3) is 0.323. The first-order chi connectivity index (χ1) is 17.6. The molecule has 0 spiro atoms. The quantitative estimate of drug-likeness (QED) is 0.331. The van der Waals surface area contributed by atoms with Gasteiger partial charge in [0.2, 0.25) is 5.78 Å². The highest BCUT2D eigenvalue weighted by Crippen LogP contribution is 2.21. The van der Waals surface area contributed by atoms with Gasteiger partial charge < -0.3 is 14.9 Å². The Hall–Kier alpha value is -3.77. The molecule has 0 unspecified atom stereocenters. The molecular weight excluding hydrogens is 464 g/mol. The van der Waals surface area contributed by atoms with Crippen LogP contribution in [0.4, 0.5) is 0 Å². The molecule has 2 amide bonds. The molecule has 196 valence electrons. The Morgan fingerprint density at radius 3 is 1.49 bits per heavy atom. The number of hydrogen-bond donors (Lipinski definition) is 1. The number of rotatable bonds is 8. The summed E-state index contributed by atoms with van der Waals surface area (Å²) in [6.07, 6.45) is -0.827. The summed E-state index contributed by atoms with van der Waals surface area (Å²) in [5, 5.41) is 10.6. The predicted molar refractivity (Wildman–Crippen MR) is 147 cm³/mol. The van der Waals surface area contributed by atoms with Gasteiger partial charge in [-0.1, -0.05) is 78.9 Å². The van der Waals surface area contributed by atoms with Crippen LogP contribution >= 0.6 is 0 Å². The van der Waals surface area contributed by atoms with Gasteiger partial charge in [-0.05, 0) is 52.3 Å². The van der Waals surface area contributed by atoms with E-state index in [2.05, 4.69) is 0 Å². The van der Waals surface area contributed by atoms with Crippen LogP contribution in [0.3, 0.4) is 0 Å². The Kier molecular flexibility index (Phi) is 11.2. The largest absolute Gasteiger partial charge is 0.386 e. The molecule has 6 nitrogen and oxygen atoms in total. The molecule has 0 radical (unpaired) electrons. The summed E-state index contributed by atoms with van der Waals surface area (Å²) in [5.41, 5.74) is 1.35. The molecule has 0 aromatic heterocycles. The lowest BCUT2D eigenvalue weighted by molar-refractivity contribution is -0.129. The van der Waals surface area contributed by atoms with E-state index in [4.69, 9.17) is 0 Å². The average Bonchev–Trinajstić information content (AvgIpc) is 2.92. The smallest absolute Gasteiger partial charge is 0.295 e. The number of amides is 2. The molecule has 0 aliphatic rings. The molecule has 0 bridgehead atoms. The molecule has 3 aromatic carbocycles. The monoisotopic (exact) mass is 502 g/mol. The fourth-order valence-electron chi connectivity index (χ4n) is 3.98. The number of carbonyl (C=O) groups is 3. The SMILES string of the molecule is CC(C)N(C(=O)C(=O)c1ccc(C(=O)N(C)[C@@H](C)[C@H](O)c2ccccc2)cc1)C(C)C.c1ccccc1. The Morgan fingerprint density at radius 2 is 1.05 bits per heavy atom. The van der Waals surface area contributed by atoms with E-state index >= 15 is 0 Å². The van der Waals surface area contributed by atoms with Crippen molar-refractivity contribution in [2.45, 2.75) is 58.8 Å². The summed E-state index contributed by atoms with van der Waals surface area (Å²) in [6.45, 7) is 9.25. The number of Topliss-reactive ketones (excluding diaryl/α,β-unsaturated/α-hetero) is 1. The Labute approximate surface area is 220 Å². The van der Waals surface area contributed by atoms with Crippen molar-refractivity contribution < 1.29 is 19.5 Å². The second-order valence-corrected chi connectivity index (χ2v) is 9.47. The normalized spacial score (nSPS) is 12.2. The molecule has 0 saturated carbocycles. The van der Waals surface area contributed by atoms with Crippen molar-refractivity contribution in [3.8, 4) is 0 Å². The number of ketones is 1. The lowest BCUT2D eigenvalue weighted by Gasteiger charge is -2.30. The van der Waals surface area contributed by atoms with Crippen LogP contribution in [0, 0.1) is 0 Å². The van der Waals surface area contributed by atoms with E-state index in [1.807, 2.05) is 94.4 Å². The summed E-state index contributed by atoms with van der Waals surface area (Å²) < 4.78 is 0. The molecule has 1 N–H and O–H groups in total. The van der Waals surface area contributed by atoms with Gasteiger partial charge in [0.05, 0.1) is 12.1 Å². The molecule has 0 saturated heterocycles. The van der Waals surface area contributed by atoms with E-state index < -0.39 is 23.8 Å². The maximum absolute atomic E-state index is 12.9. The first-order valence-corrected chi connectivity index (χ1v) is 12.5. The highest BCUT2D eigenvalue weighted by atomic mass is 16.3. The van der Waals surface area contributed by atoms with Crippen molar-refractivity contribution in [1.82, 2.24) is 9.80 Å². The minimum absolute atomic E-state index is 0.0940. The van der Waals surface area contributed by atoms with Crippen molar-refractivity contribution in [3.05, 3.63) is 108 Å². The van der Waals surface area contributed by atoms with Crippen LogP contribution < -0.4 is 0 Å². The highest BCUT2D eigenvalue weighted by molar-refractivity contribution is 6.42. The van der Waals surface area contributed by atoms with Crippen molar-refractivity contribution in [2.24, 2.45) is 0 Å². The van der Waals surface area contributed by atoms with Crippen LogP contribution in [0.1, 0.15) is 67.0 Å². The maximum atomic E-state index is 12.9. The summed E-state index contributed by atoms with van der Waals surface area (Å²) in [7, 11) is 1.63. The van der Waals surface area contributed by atoms with Crippen LogP contribution in [0.2, 0.25) is 0 Å². The number of benzene rings is 3. The molecular formula is C31H38N2O4. The molecule has 3 aromatic rings. The fourth-order valence-corrected chi connectivity index (χ4v) is 3.98. The third-order valence-corrected chi connectivity index (χ3v) is 6.13. The van der Waals surface area contributed by atoms with Crippen molar-refractivity contribution in [2.75, 3.05) is 7.05 Å². The summed E-state index contributed by atoms with van der Waals surface area (Å²) in [6, 6.07) is 26.6. The van der Waals surface area contributed by atoms with E-state index in [0.29, 0.717) is 5.56 Å². The Morgan fingerprint density at radius 1 is 0.649 bits per heavy atom.